The van der Waals surface area contributed by atoms with Crippen molar-refractivity contribution in [3.05, 3.63) is 74.6 Å². The lowest BCUT2D eigenvalue weighted by atomic mass is 9.86. The van der Waals surface area contributed by atoms with Gasteiger partial charge in [-0.2, -0.15) is 0 Å². The summed E-state index contributed by atoms with van der Waals surface area (Å²) in [7, 11) is 0. The minimum Gasteiger partial charge on any atom is -0.479 e. The summed E-state index contributed by atoms with van der Waals surface area (Å²) in [6.45, 7) is 0.309. The molecule has 2 aromatic heterocycles. The number of alkyl carbamates (subject to hydrolysis) is 1. The Kier molecular flexibility index (Phi) is 11.9. The standard InChI is InChI=1S/C41H42N6O17/c1-2-41(58)22-9-25-31-20(13-47(25)36(53)21(22)15-59-39(41)56)19(18-8-27-28(62-16-61-27)10-23(18)46-31)11-43-30(49)12-44-40(57)60-14-17-3-4-26(24(7-17)45-29(48)5-6-42)63-38-34(52)32(50)33(51)35(64-38)37(54)55/h3-4,7-10,32-35,38,50-52,58H,2,5-6,11-16,42H2,1H3,(H,43,49)(H,44,57)(H,45,48)(H,54,55)/t32?,33-,34?,35?,38+,41-/m0/s1. The number of nitrogens with two attached hydrogens (primary N) is 1. The first-order chi connectivity index (χ1) is 30.6. The zero-order valence-corrected chi connectivity index (χ0v) is 33.8. The van der Waals surface area contributed by atoms with Gasteiger partial charge in [-0.05, 0) is 41.8 Å². The maximum absolute atomic E-state index is 13.8. The second-order valence-corrected chi connectivity index (χ2v) is 15.2. The van der Waals surface area contributed by atoms with E-state index in [2.05, 4.69) is 16.0 Å². The van der Waals surface area contributed by atoms with Crippen molar-refractivity contribution in [2.24, 2.45) is 5.73 Å². The number of carboxylic acids is 1. The van der Waals surface area contributed by atoms with Gasteiger partial charge in [-0.25, -0.2) is 19.4 Å². The van der Waals surface area contributed by atoms with Crippen LogP contribution in [0.1, 0.15) is 47.6 Å². The van der Waals surface area contributed by atoms with Crippen LogP contribution in [0.5, 0.6) is 17.2 Å². The van der Waals surface area contributed by atoms with Gasteiger partial charge in [0.1, 0.15) is 43.8 Å². The molecule has 6 heterocycles. The molecule has 4 aliphatic heterocycles. The Morgan fingerprint density at radius 2 is 1.73 bits per heavy atom. The van der Waals surface area contributed by atoms with Crippen LogP contribution in [0.2, 0.25) is 0 Å². The van der Waals surface area contributed by atoms with E-state index in [-0.39, 0.29) is 75.0 Å². The van der Waals surface area contributed by atoms with E-state index in [1.807, 2.05) is 0 Å². The Balaban J connectivity index is 0.951. The number of aliphatic carboxylic acids is 1. The normalized spacial score (nSPS) is 22.7. The Morgan fingerprint density at radius 1 is 0.969 bits per heavy atom. The van der Waals surface area contributed by atoms with Gasteiger partial charge in [0.05, 0.1) is 34.7 Å². The number of amides is 3. The van der Waals surface area contributed by atoms with Gasteiger partial charge in [-0.15, -0.1) is 0 Å². The number of carboxylic acid groups (broad SMARTS) is 1. The molecule has 0 radical (unpaired) electrons. The molecular formula is C41H42N6O17. The highest BCUT2D eigenvalue weighted by Crippen LogP contribution is 2.43. The van der Waals surface area contributed by atoms with Crippen LogP contribution in [0, 0.1) is 0 Å². The number of fused-ring (bicyclic) bond motifs is 6. The average molecular weight is 891 g/mol. The molecule has 3 unspecified atom stereocenters. The molecule has 2 aromatic carbocycles. The number of aromatic nitrogens is 2. The fourth-order valence-electron chi connectivity index (χ4n) is 7.84. The second-order valence-electron chi connectivity index (χ2n) is 15.2. The summed E-state index contributed by atoms with van der Waals surface area (Å²) in [5.41, 5.74) is 5.92. The number of aliphatic hydroxyl groups excluding tert-OH is 3. The highest BCUT2D eigenvalue weighted by molar-refractivity contribution is 5.93. The van der Waals surface area contributed by atoms with Crippen molar-refractivity contribution in [1.82, 2.24) is 20.2 Å². The average Bonchev–Trinajstić information content (AvgIpc) is 3.89. The van der Waals surface area contributed by atoms with Gasteiger partial charge in [0.25, 0.3) is 5.56 Å². The van der Waals surface area contributed by atoms with Gasteiger partial charge in [0.2, 0.25) is 24.9 Å². The number of carbonyl (C=O) groups excluding carboxylic acids is 4. The van der Waals surface area contributed by atoms with Crippen LogP contribution < -0.4 is 41.5 Å². The van der Waals surface area contributed by atoms with Crippen LogP contribution in [0.4, 0.5) is 10.5 Å². The van der Waals surface area contributed by atoms with E-state index in [1.165, 1.54) is 22.8 Å². The summed E-state index contributed by atoms with van der Waals surface area (Å²) < 4.78 is 33.9. The van der Waals surface area contributed by atoms with Crippen molar-refractivity contribution in [3.8, 4) is 28.6 Å². The zero-order valence-electron chi connectivity index (χ0n) is 33.8. The Hall–Kier alpha value is -6.89. The number of pyridine rings is 2. The van der Waals surface area contributed by atoms with Crippen LogP contribution in [-0.2, 0) is 65.3 Å². The topological polar surface area (TPSA) is 339 Å². The quantitative estimate of drug-likeness (QED) is 0.0634. The molecule has 3 amide bonds. The highest BCUT2D eigenvalue weighted by atomic mass is 16.7. The van der Waals surface area contributed by atoms with Gasteiger partial charge in [-0.3, -0.25) is 14.4 Å². The fraction of sp³-hybridized carbons (Fsp3) is 0.390. The van der Waals surface area contributed by atoms with Crippen molar-refractivity contribution in [2.75, 3.05) is 25.2 Å². The number of benzene rings is 2. The van der Waals surface area contributed by atoms with E-state index < -0.39 is 78.3 Å². The first kappa shape index (κ1) is 43.7. The maximum atomic E-state index is 13.8. The molecule has 1 fully saturated rings. The Bertz CT molecular complexity index is 2650. The zero-order chi connectivity index (χ0) is 45.6. The van der Waals surface area contributed by atoms with Crippen molar-refractivity contribution in [3.63, 3.8) is 0 Å². The number of carbonyl (C=O) groups is 5. The third-order valence-electron chi connectivity index (χ3n) is 11.3. The van der Waals surface area contributed by atoms with Crippen LogP contribution in [0.15, 0.2) is 41.2 Å². The molecule has 23 heteroatoms. The summed E-state index contributed by atoms with van der Waals surface area (Å²) in [6, 6.07) is 9.01. The molecule has 338 valence electrons. The smallest absolute Gasteiger partial charge is 0.407 e. The number of aliphatic hydroxyl groups is 4. The Morgan fingerprint density at radius 3 is 2.47 bits per heavy atom. The molecular weight excluding hydrogens is 848 g/mol. The van der Waals surface area contributed by atoms with Gasteiger partial charge in [-0.1, -0.05) is 13.0 Å². The van der Waals surface area contributed by atoms with E-state index in [4.69, 9.17) is 39.1 Å². The lowest BCUT2D eigenvalue weighted by Gasteiger charge is -2.38. The number of anilines is 1. The van der Waals surface area contributed by atoms with Crippen LogP contribution in [-0.4, -0.2) is 116 Å². The van der Waals surface area contributed by atoms with Crippen molar-refractivity contribution in [2.45, 2.75) is 82.4 Å². The number of rotatable bonds is 13. The summed E-state index contributed by atoms with van der Waals surface area (Å²) >= 11 is 0. The number of cyclic esters (lactones) is 1. The fourth-order valence-corrected chi connectivity index (χ4v) is 7.84. The number of ether oxygens (including phenoxy) is 6. The predicted molar refractivity (Wildman–Crippen MR) is 214 cm³/mol. The highest BCUT2D eigenvalue weighted by Gasteiger charge is 2.49. The van der Waals surface area contributed by atoms with Gasteiger partial charge in [0.15, 0.2) is 23.2 Å². The predicted octanol–water partition coefficient (Wildman–Crippen LogP) is -1.09. The van der Waals surface area contributed by atoms with Crippen molar-refractivity contribution < 1.29 is 77.9 Å². The first-order valence-electron chi connectivity index (χ1n) is 19.9. The summed E-state index contributed by atoms with van der Waals surface area (Å²) in [5.74, 6) is -2.92. The van der Waals surface area contributed by atoms with Gasteiger partial charge >= 0.3 is 18.0 Å². The first-order valence-corrected chi connectivity index (χ1v) is 19.9. The number of nitrogens with one attached hydrogen (secondary N) is 3. The monoisotopic (exact) mass is 890 g/mol. The Labute approximate surface area is 360 Å². The summed E-state index contributed by atoms with van der Waals surface area (Å²) in [6.07, 6.45) is -10.7. The lowest BCUT2D eigenvalue weighted by Crippen LogP contribution is -2.61. The van der Waals surface area contributed by atoms with Crippen LogP contribution in [0.25, 0.3) is 22.3 Å². The maximum Gasteiger partial charge on any atom is 0.407 e. The second kappa shape index (κ2) is 17.3. The van der Waals surface area contributed by atoms with E-state index in [1.54, 1.807) is 25.1 Å². The molecule has 0 aliphatic carbocycles. The minimum absolute atomic E-state index is 0.0106. The molecule has 4 aliphatic rings. The molecule has 10 N–H and O–H groups in total. The van der Waals surface area contributed by atoms with E-state index in [0.29, 0.717) is 50.5 Å². The summed E-state index contributed by atoms with van der Waals surface area (Å²) in [4.78, 5) is 81.4. The molecule has 0 spiro atoms. The molecule has 4 aromatic rings. The number of esters is 1. The van der Waals surface area contributed by atoms with E-state index in [9.17, 15) is 54.3 Å². The molecule has 6 atom stereocenters. The van der Waals surface area contributed by atoms with Gasteiger partial charge in [0, 0.05) is 42.1 Å². The molecule has 0 saturated carbocycles. The molecule has 23 nitrogen and oxygen atoms in total. The largest absolute Gasteiger partial charge is 0.479 e. The van der Waals surface area contributed by atoms with Crippen LogP contribution in [0.3, 0.4) is 0 Å². The van der Waals surface area contributed by atoms with Crippen LogP contribution >= 0.6 is 0 Å². The molecule has 1 saturated heterocycles. The molecule has 8 rings (SSSR count). The third kappa shape index (κ3) is 7.99. The van der Waals surface area contributed by atoms with E-state index in [0.717, 1.165) is 0 Å². The number of nitrogens with zero attached hydrogens (tertiary/aromatic N) is 2. The molecule has 64 heavy (non-hydrogen) atoms. The third-order valence-corrected chi connectivity index (χ3v) is 11.3. The van der Waals surface area contributed by atoms with E-state index >= 15 is 0 Å². The van der Waals surface area contributed by atoms with Crippen molar-refractivity contribution >= 4 is 46.4 Å². The number of hydrogen-bond acceptors (Lipinski definition) is 18. The van der Waals surface area contributed by atoms with Crippen molar-refractivity contribution in [1.29, 1.82) is 0 Å². The SMILES string of the molecule is CC[C@@]1(O)C(=O)OCc2c1cc1n(c2=O)Cc2c-1nc1cc3c(cc1c2CNC(=O)CNC(=O)OCc1ccc(O[C@@H]2OC(C(=O)O)[C@@H](O)C(O)C2O)c(NC(=O)CCN)c1)OCO3. The minimum atomic E-state index is -2.03. The van der Waals surface area contributed by atoms with Gasteiger partial charge < -0.3 is 80.2 Å². The summed E-state index contributed by atoms with van der Waals surface area (Å²) in [5, 5.41) is 59.6. The lowest BCUT2D eigenvalue weighted by molar-refractivity contribution is -0.271. The molecule has 0 bridgehead atoms. The number of hydrogen-bond donors (Lipinski definition) is 9.